The maximum absolute atomic E-state index is 12.1. The van der Waals surface area contributed by atoms with Gasteiger partial charge >= 0.3 is 0 Å². The maximum atomic E-state index is 12.1. The first-order valence-corrected chi connectivity index (χ1v) is 8.10. The van der Waals surface area contributed by atoms with Crippen LogP contribution in [0.25, 0.3) is 0 Å². The van der Waals surface area contributed by atoms with Crippen LogP contribution in [0.1, 0.15) is 23.5 Å². The molecule has 0 radical (unpaired) electrons. The molecule has 0 spiro atoms. The van der Waals surface area contributed by atoms with Crippen LogP contribution in [0, 0.1) is 5.92 Å². The number of H-pyrrole nitrogens is 1. The van der Waals surface area contributed by atoms with Crippen LogP contribution < -0.4 is 10.1 Å². The third-order valence-corrected chi connectivity index (χ3v) is 4.26. The molecular formula is C18H17N5O2. The highest BCUT2D eigenvalue weighted by Crippen LogP contribution is 2.48. The van der Waals surface area contributed by atoms with Gasteiger partial charge in [-0.15, -0.1) is 5.10 Å². The molecule has 0 saturated heterocycles. The topological polar surface area (TPSA) is 92.8 Å². The number of nitrogens with zero attached hydrogens (tertiary/aromatic N) is 3. The fourth-order valence-corrected chi connectivity index (χ4v) is 2.82. The number of hydrogen-bond donors (Lipinski definition) is 2. The van der Waals surface area contributed by atoms with Crippen LogP contribution in [0.4, 0.5) is 5.95 Å². The summed E-state index contributed by atoms with van der Waals surface area (Å²) >= 11 is 0. The highest BCUT2D eigenvalue weighted by Gasteiger charge is 2.44. The van der Waals surface area contributed by atoms with E-state index in [9.17, 15) is 4.79 Å². The lowest BCUT2D eigenvalue weighted by atomic mass is 10.1. The number of ether oxygens (including phenoxy) is 1. The molecule has 2 aromatic carbocycles. The molecule has 4 rings (SSSR count). The van der Waals surface area contributed by atoms with Gasteiger partial charge in [-0.25, -0.2) is 0 Å². The molecule has 1 aliphatic carbocycles. The van der Waals surface area contributed by atoms with Crippen molar-refractivity contribution in [3.8, 4) is 5.75 Å². The number of carbonyl (C=O) groups is 1. The van der Waals surface area contributed by atoms with Gasteiger partial charge in [0.1, 0.15) is 12.4 Å². The van der Waals surface area contributed by atoms with Crippen LogP contribution in [0.2, 0.25) is 0 Å². The molecule has 1 amide bonds. The number of carbonyl (C=O) groups excluding carboxylic acids is 1. The quantitative estimate of drug-likeness (QED) is 0.722. The Kier molecular flexibility index (Phi) is 4.12. The van der Waals surface area contributed by atoms with Gasteiger partial charge in [0, 0.05) is 5.92 Å². The molecule has 0 unspecified atom stereocenters. The molecule has 0 bridgehead atoms. The van der Waals surface area contributed by atoms with Crippen LogP contribution in [-0.4, -0.2) is 26.5 Å². The Labute approximate surface area is 144 Å². The zero-order valence-electron chi connectivity index (χ0n) is 13.4. The fourth-order valence-electron chi connectivity index (χ4n) is 2.82. The van der Waals surface area contributed by atoms with Gasteiger partial charge < -0.3 is 4.74 Å². The number of benzene rings is 2. The average Bonchev–Trinajstić information content (AvgIpc) is 3.30. The van der Waals surface area contributed by atoms with Crippen molar-refractivity contribution in [3.63, 3.8) is 0 Å². The summed E-state index contributed by atoms with van der Waals surface area (Å²) in [5, 5.41) is 15.8. The minimum absolute atomic E-state index is 0.0467. The van der Waals surface area contributed by atoms with Crippen LogP contribution >= 0.6 is 0 Å². The van der Waals surface area contributed by atoms with Crippen LogP contribution in [0.15, 0.2) is 54.6 Å². The number of tetrazole rings is 1. The molecule has 1 heterocycles. The molecule has 25 heavy (non-hydrogen) atoms. The van der Waals surface area contributed by atoms with E-state index < -0.39 is 0 Å². The van der Waals surface area contributed by atoms with Crippen molar-refractivity contribution >= 4 is 11.9 Å². The molecule has 126 valence electrons. The SMILES string of the molecule is O=C(Nc1nn[nH]n1)[C@H]1C[C@H]1c1ccc(OCc2ccccc2)cc1. The molecular weight excluding hydrogens is 318 g/mol. The van der Waals surface area contributed by atoms with Crippen LogP contribution in [0.3, 0.4) is 0 Å². The Hall–Kier alpha value is -3.22. The minimum Gasteiger partial charge on any atom is -0.489 e. The highest BCUT2D eigenvalue weighted by molar-refractivity contribution is 5.93. The minimum atomic E-state index is -0.0733. The normalized spacial score (nSPS) is 18.6. The fraction of sp³-hybridized carbons (Fsp3) is 0.222. The van der Waals surface area contributed by atoms with E-state index in [1.54, 1.807) is 0 Å². The molecule has 7 nitrogen and oxygen atoms in total. The summed E-state index contributed by atoms with van der Waals surface area (Å²) in [5.41, 5.74) is 2.27. The number of hydrogen-bond acceptors (Lipinski definition) is 5. The van der Waals surface area contributed by atoms with E-state index in [1.807, 2.05) is 54.6 Å². The van der Waals surface area contributed by atoms with E-state index in [4.69, 9.17) is 4.74 Å². The van der Waals surface area contributed by atoms with Crippen molar-refractivity contribution in [2.24, 2.45) is 5.92 Å². The zero-order valence-corrected chi connectivity index (χ0v) is 13.4. The van der Waals surface area contributed by atoms with E-state index in [0.717, 1.165) is 23.3 Å². The first-order valence-electron chi connectivity index (χ1n) is 8.10. The molecule has 3 aromatic rings. The van der Waals surface area contributed by atoms with Crippen molar-refractivity contribution in [1.82, 2.24) is 20.6 Å². The van der Waals surface area contributed by atoms with Crippen molar-refractivity contribution in [3.05, 3.63) is 65.7 Å². The number of aromatic nitrogens is 4. The Morgan fingerprint density at radius 2 is 1.96 bits per heavy atom. The number of amides is 1. The van der Waals surface area contributed by atoms with E-state index in [0.29, 0.717) is 6.61 Å². The lowest BCUT2D eigenvalue weighted by Crippen LogP contribution is -2.15. The Balaban J connectivity index is 1.31. The first kappa shape index (κ1) is 15.3. The first-order chi connectivity index (χ1) is 12.3. The summed E-state index contributed by atoms with van der Waals surface area (Å²) in [5.74, 6) is 1.14. The van der Waals surface area contributed by atoms with E-state index in [-0.39, 0.29) is 23.7 Å². The molecule has 1 aliphatic rings. The zero-order chi connectivity index (χ0) is 17.1. The molecule has 2 N–H and O–H groups in total. The number of rotatable bonds is 6. The van der Waals surface area contributed by atoms with E-state index in [1.165, 1.54) is 0 Å². The van der Waals surface area contributed by atoms with Gasteiger partial charge in [-0.1, -0.05) is 47.6 Å². The summed E-state index contributed by atoms with van der Waals surface area (Å²) in [7, 11) is 0. The Morgan fingerprint density at radius 3 is 2.68 bits per heavy atom. The summed E-state index contributed by atoms with van der Waals surface area (Å²) < 4.78 is 5.79. The largest absolute Gasteiger partial charge is 0.489 e. The van der Waals surface area contributed by atoms with Crippen molar-refractivity contribution in [1.29, 1.82) is 0 Å². The third kappa shape index (κ3) is 3.65. The average molecular weight is 335 g/mol. The van der Waals surface area contributed by atoms with Crippen LogP contribution in [0.5, 0.6) is 5.75 Å². The summed E-state index contributed by atoms with van der Waals surface area (Å²) in [6, 6.07) is 18.0. The lowest BCUT2D eigenvalue weighted by molar-refractivity contribution is -0.117. The molecule has 7 heteroatoms. The van der Waals surface area contributed by atoms with Crippen molar-refractivity contribution in [2.75, 3.05) is 5.32 Å². The number of nitrogens with one attached hydrogen (secondary N) is 2. The van der Waals surface area contributed by atoms with E-state index >= 15 is 0 Å². The molecule has 1 saturated carbocycles. The number of aromatic amines is 1. The maximum Gasteiger partial charge on any atom is 0.269 e. The Bertz CT molecular complexity index is 834. The predicted octanol–water partition coefficient (Wildman–Crippen LogP) is 2.52. The van der Waals surface area contributed by atoms with Crippen LogP contribution in [-0.2, 0) is 11.4 Å². The third-order valence-electron chi connectivity index (χ3n) is 4.26. The molecule has 2 atom stereocenters. The molecule has 1 aromatic heterocycles. The standard InChI is InChI=1S/C18H17N5O2/c24-17(19-18-20-22-23-21-18)16-10-15(16)13-6-8-14(9-7-13)25-11-12-4-2-1-3-5-12/h1-9,15-16H,10-11H2,(H2,19,20,21,22,23,24)/t15-,16-/m0/s1. The highest BCUT2D eigenvalue weighted by atomic mass is 16.5. The van der Waals surface area contributed by atoms with E-state index in [2.05, 4.69) is 25.9 Å². The second-order valence-electron chi connectivity index (χ2n) is 6.02. The second-order valence-corrected chi connectivity index (χ2v) is 6.02. The monoisotopic (exact) mass is 335 g/mol. The van der Waals surface area contributed by atoms with Gasteiger partial charge in [0.15, 0.2) is 0 Å². The summed E-state index contributed by atoms with van der Waals surface area (Å²) in [6.45, 7) is 0.541. The second kappa shape index (κ2) is 6.72. The lowest BCUT2D eigenvalue weighted by Gasteiger charge is -2.07. The van der Waals surface area contributed by atoms with Gasteiger partial charge in [-0.05, 0) is 40.8 Å². The molecule has 0 aliphatic heterocycles. The van der Waals surface area contributed by atoms with Gasteiger partial charge in [-0.3, -0.25) is 10.1 Å². The van der Waals surface area contributed by atoms with Gasteiger partial charge in [0.2, 0.25) is 5.91 Å². The van der Waals surface area contributed by atoms with Gasteiger partial charge in [0.05, 0.1) is 0 Å². The predicted molar refractivity (Wildman–Crippen MR) is 90.9 cm³/mol. The van der Waals surface area contributed by atoms with Gasteiger partial charge in [0.25, 0.3) is 5.95 Å². The smallest absolute Gasteiger partial charge is 0.269 e. The summed E-state index contributed by atoms with van der Waals surface area (Å²) in [6.07, 6.45) is 0.827. The number of anilines is 1. The Morgan fingerprint density at radius 1 is 1.16 bits per heavy atom. The van der Waals surface area contributed by atoms with Crippen molar-refractivity contribution < 1.29 is 9.53 Å². The van der Waals surface area contributed by atoms with Gasteiger partial charge in [-0.2, -0.15) is 5.21 Å². The summed E-state index contributed by atoms with van der Waals surface area (Å²) in [4.78, 5) is 12.1. The van der Waals surface area contributed by atoms with Crippen molar-refractivity contribution in [2.45, 2.75) is 18.9 Å². The molecule has 1 fully saturated rings.